The molecular formula is C12H11Cl2N3OS. The summed E-state index contributed by atoms with van der Waals surface area (Å²) < 4.78 is 5.71. The van der Waals surface area contributed by atoms with Crippen molar-refractivity contribution in [1.29, 1.82) is 0 Å². The third-order valence-electron chi connectivity index (χ3n) is 2.43. The van der Waals surface area contributed by atoms with Crippen molar-refractivity contribution in [2.75, 3.05) is 0 Å². The lowest BCUT2D eigenvalue weighted by Gasteiger charge is -2.10. The molecule has 1 aliphatic rings. The molecule has 2 rings (SSSR count). The van der Waals surface area contributed by atoms with Gasteiger partial charge in [0, 0.05) is 17.0 Å². The van der Waals surface area contributed by atoms with Crippen molar-refractivity contribution in [2.45, 2.75) is 12.5 Å². The fourth-order valence-corrected chi connectivity index (χ4v) is 2.17. The van der Waals surface area contributed by atoms with Gasteiger partial charge < -0.3 is 10.5 Å². The third kappa shape index (κ3) is 3.83. The molecule has 1 aromatic rings. The van der Waals surface area contributed by atoms with E-state index in [0.29, 0.717) is 22.2 Å². The van der Waals surface area contributed by atoms with Crippen LogP contribution >= 0.6 is 35.4 Å². The summed E-state index contributed by atoms with van der Waals surface area (Å²) in [6.45, 7) is 0. The highest BCUT2D eigenvalue weighted by atomic mass is 35.5. The minimum atomic E-state index is -0.163. The zero-order chi connectivity index (χ0) is 13.8. The lowest BCUT2D eigenvalue weighted by atomic mass is 10.2. The zero-order valence-electron chi connectivity index (χ0n) is 9.77. The molecule has 0 saturated carbocycles. The Hall–Kier alpha value is -1.30. The van der Waals surface area contributed by atoms with Crippen LogP contribution in [0.3, 0.4) is 0 Å². The molecule has 0 amide bonds. The molecule has 1 unspecified atom stereocenters. The molecule has 0 radical (unpaired) electrons. The van der Waals surface area contributed by atoms with Crippen molar-refractivity contribution in [1.82, 2.24) is 5.43 Å². The predicted octanol–water partition coefficient (Wildman–Crippen LogP) is 2.94. The molecule has 0 aromatic heterocycles. The molecule has 0 saturated heterocycles. The maximum Gasteiger partial charge on any atom is 0.184 e. The van der Waals surface area contributed by atoms with Gasteiger partial charge in [0.1, 0.15) is 11.9 Å². The zero-order valence-corrected chi connectivity index (χ0v) is 12.1. The standard InChI is InChI=1S/C12H11Cl2N3OS/c13-7-1-3-9(10(14)5-7)11-4-2-8(18-11)6-16-17-12(15)19/h1,3-6,8H,2H2,(H3,15,17,19)/b16-6+. The van der Waals surface area contributed by atoms with E-state index in [1.54, 1.807) is 18.3 Å². The van der Waals surface area contributed by atoms with Gasteiger partial charge >= 0.3 is 0 Å². The second kappa shape index (κ2) is 6.23. The lowest BCUT2D eigenvalue weighted by molar-refractivity contribution is 0.258. The average Bonchev–Trinajstić information content (AvgIpc) is 2.77. The summed E-state index contributed by atoms with van der Waals surface area (Å²) in [7, 11) is 0. The van der Waals surface area contributed by atoms with Crippen LogP contribution in [0, 0.1) is 0 Å². The van der Waals surface area contributed by atoms with Gasteiger partial charge in [-0.3, -0.25) is 5.43 Å². The van der Waals surface area contributed by atoms with Crippen molar-refractivity contribution in [3.05, 3.63) is 39.9 Å². The first-order valence-electron chi connectivity index (χ1n) is 5.47. The largest absolute Gasteiger partial charge is 0.484 e. The third-order valence-corrected chi connectivity index (χ3v) is 3.07. The Bertz CT molecular complexity index is 560. The van der Waals surface area contributed by atoms with Gasteiger partial charge in [-0.25, -0.2) is 0 Å². The van der Waals surface area contributed by atoms with Gasteiger partial charge in [0.25, 0.3) is 0 Å². The van der Waals surface area contributed by atoms with Gasteiger partial charge in [-0.15, -0.1) is 0 Å². The highest BCUT2D eigenvalue weighted by Crippen LogP contribution is 2.32. The summed E-state index contributed by atoms with van der Waals surface area (Å²) >= 11 is 16.6. The Morgan fingerprint density at radius 3 is 3.00 bits per heavy atom. The van der Waals surface area contributed by atoms with Crippen LogP contribution in [0.15, 0.2) is 29.4 Å². The van der Waals surface area contributed by atoms with Crippen LogP contribution in [0.4, 0.5) is 0 Å². The Morgan fingerprint density at radius 2 is 2.32 bits per heavy atom. The predicted molar refractivity (Wildman–Crippen MR) is 82.3 cm³/mol. The van der Waals surface area contributed by atoms with Crippen molar-refractivity contribution in [2.24, 2.45) is 10.8 Å². The minimum absolute atomic E-state index is 0.114. The average molecular weight is 316 g/mol. The van der Waals surface area contributed by atoms with Crippen LogP contribution in [-0.2, 0) is 4.74 Å². The van der Waals surface area contributed by atoms with Crippen molar-refractivity contribution < 1.29 is 4.74 Å². The fourth-order valence-electron chi connectivity index (χ4n) is 1.62. The number of hydrazone groups is 1. The number of hydrogen-bond donors (Lipinski definition) is 2. The summed E-state index contributed by atoms with van der Waals surface area (Å²) in [5.74, 6) is 0.716. The van der Waals surface area contributed by atoms with Gasteiger partial charge in [0.2, 0.25) is 0 Å². The van der Waals surface area contributed by atoms with Gasteiger partial charge in [-0.2, -0.15) is 5.10 Å². The SMILES string of the molecule is NC(=S)N/N=C/C1CC=C(c2ccc(Cl)cc2Cl)O1. The van der Waals surface area contributed by atoms with Crippen molar-refractivity contribution in [3.63, 3.8) is 0 Å². The van der Waals surface area contributed by atoms with E-state index in [9.17, 15) is 0 Å². The highest BCUT2D eigenvalue weighted by Gasteiger charge is 2.19. The molecule has 3 N–H and O–H groups in total. The first-order valence-corrected chi connectivity index (χ1v) is 6.63. The first kappa shape index (κ1) is 14.1. The van der Waals surface area contributed by atoms with E-state index in [4.69, 9.17) is 33.7 Å². The van der Waals surface area contributed by atoms with Crippen molar-refractivity contribution in [3.8, 4) is 0 Å². The van der Waals surface area contributed by atoms with Gasteiger partial charge in [-0.05, 0) is 36.5 Å². The normalized spacial score (nSPS) is 18.2. The van der Waals surface area contributed by atoms with Crippen LogP contribution in [-0.4, -0.2) is 17.4 Å². The quantitative estimate of drug-likeness (QED) is 0.511. The summed E-state index contributed by atoms with van der Waals surface area (Å²) in [5.41, 5.74) is 8.54. The number of nitrogens with two attached hydrogens (primary N) is 1. The number of nitrogens with zero attached hydrogens (tertiary/aromatic N) is 1. The first-order chi connectivity index (χ1) is 9.06. The Morgan fingerprint density at radius 1 is 1.53 bits per heavy atom. The molecule has 4 nitrogen and oxygen atoms in total. The molecule has 1 atom stereocenters. The maximum absolute atomic E-state index is 6.12. The Labute approximate surface area is 126 Å². The van der Waals surface area contributed by atoms with E-state index in [2.05, 4.69) is 22.7 Å². The van der Waals surface area contributed by atoms with E-state index in [0.717, 1.165) is 5.56 Å². The number of benzene rings is 1. The molecule has 7 heteroatoms. The fraction of sp³-hybridized carbons (Fsp3) is 0.167. The lowest BCUT2D eigenvalue weighted by Crippen LogP contribution is -2.25. The molecule has 100 valence electrons. The van der Waals surface area contributed by atoms with Gasteiger partial charge in [-0.1, -0.05) is 23.2 Å². The molecule has 1 heterocycles. The molecule has 0 spiro atoms. The summed E-state index contributed by atoms with van der Waals surface area (Å²) in [6, 6.07) is 5.27. The van der Waals surface area contributed by atoms with Crippen LogP contribution in [0.1, 0.15) is 12.0 Å². The van der Waals surface area contributed by atoms with Crippen molar-refractivity contribution >= 4 is 52.5 Å². The number of ether oxygens (including phenoxy) is 1. The van der Waals surface area contributed by atoms with Crippen LogP contribution in [0.2, 0.25) is 10.0 Å². The van der Waals surface area contributed by atoms with E-state index in [-0.39, 0.29) is 11.2 Å². The summed E-state index contributed by atoms with van der Waals surface area (Å²) in [4.78, 5) is 0. The monoisotopic (exact) mass is 315 g/mol. The van der Waals surface area contributed by atoms with E-state index < -0.39 is 0 Å². The number of hydrogen-bond acceptors (Lipinski definition) is 3. The molecule has 0 bridgehead atoms. The van der Waals surface area contributed by atoms with Gasteiger partial charge in [0.05, 0.1) is 11.2 Å². The molecule has 0 fully saturated rings. The maximum atomic E-state index is 6.12. The molecule has 19 heavy (non-hydrogen) atoms. The Balaban J connectivity index is 2.01. The molecule has 1 aliphatic heterocycles. The molecule has 1 aromatic carbocycles. The number of halogens is 2. The second-order valence-corrected chi connectivity index (χ2v) is 5.12. The van der Waals surface area contributed by atoms with E-state index in [1.807, 2.05) is 12.1 Å². The number of nitrogens with one attached hydrogen (secondary N) is 1. The summed E-state index contributed by atoms with van der Waals surface area (Å²) in [5, 5.41) is 5.12. The summed E-state index contributed by atoms with van der Waals surface area (Å²) in [6.07, 6.45) is 4.10. The van der Waals surface area contributed by atoms with E-state index >= 15 is 0 Å². The molecule has 0 aliphatic carbocycles. The Kier molecular flexibility index (Phi) is 4.63. The second-order valence-electron chi connectivity index (χ2n) is 3.84. The van der Waals surface area contributed by atoms with Gasteiger partial charge in [0.15, 0.2) is 5.11 Å². The highest BCUT2D eigenvalue weighted by molar-refractivity contribution is 7.80. The van der Waals surface area contributed by atoms with E-state index in [1.165, 1.54) is 0 Å². The number of thiocarbonyl (C=S) groups is 1. The molecular weight excluding hydrogens is 305 g/mol. The number of rotatable bonds is 3. The van der Waals surface area contributed by atoms with Crippen LogP contribution in [0.25, 0.3) is 5.76 Å². The smallest absolute Gasteiger partial charge is 0.184 e. The topological polar surface area (TPSA) is 59.6 Å². The minimum Gasteiger partial charge on any atom is -0.484 e. The van der Waals surface area contributed by atoms with Crippen LogP contribution in [0.5, 0.6) is 0 Å². The van der Waals surface area contributed by atoms with Crippen LogP contribution < -0.4 is 11.2 Å².